The van der Waals surface area contributed by atoms with Crippen molar-refractivity contribution in [3.05, 3.63) is 53.1 Å². The summed E-state index contributed by atoms with van der Waals surface area (Å²) in [6.07, 6.45) is 0.561. The molecule has 0 heterocycles. The van der Waals surface area contributed by atoms with E-state index in [4.69, 9.17) is 4.74 Å². The first-order valence-electron chi connectivity index (χ1n) is 8.47. The molecule has 2 aromatic rings. The highest BCUT2D eigenvalue weighted by Crippen LogP contribution is 2.29. The summed E-state index contributed by atoms with van der Waals surface area (Å²) in [6.45, 7) is 1.65. The molecule has 7 heteroatoms. The van der Waals surface area contributed by atoms with Crippen LogP contribution in [0.3, 0.4) is 0 Å². The third-order valence-electron chi connectivity index (χ3n) is 4.03. The normalized spacial score (nSPS) is 10.7. The number of halogens is 2. The fourth-order valence-corrected chi connectivity index (χ4v) is 3.23. The second-order valence-corrected chi connectivity index (χ2v) is 7.05. The van der Waals surface area contributed by atoms with Gasteiger partial charge in [-0.15, -0.1) is 11.8 Å². The zero-order valence-electron chi connectivity index (χ0n) is 15.6. The van der Waals surface area contributed by atoms with Gasteiger partial charge >= 0.3 is 6.61 Å². The quantitative estimate of drug-likeness (QED) is 0.641. The highest BCUT2D eigenvalue weighted by molar-refractivity contribution is 8.00. The number of hydrogen-bond donors (Lipinski definition) is 1. The Morgan fingerprint density at radius 3 is 2.56 bits per heavy atom. The number of aryl methyl sites for hydroxylation is 2. The number of ether oxygens (including phenoxy) is 2. The standard InChI is InChI=1S/C20H23F2NO3S/c1-13-4-6-16(10-14(13)2)27-12-19(24)23-9-8-15-5-7-17(26-20(21)22)18(11-15)25-3/h4-7,10-11,20H,8-9,12H2,1-3H3,(H,23,24). The molecule has 0 atom stereocenters. The van der Waals surface area contributed by atoms with Crippen LogP contribution in [-0.2, 0) is 11.2 Å². The van der Waals surface area contributed by atoms with Gasteiger partial charge in [0.05, 0.1) is 12.9 Å². The minimum absolute atomic E-state index is 0.00919. The fraction of sp³-hybridized carbons (Fsp3) is 0.350. The Morgan fingerprint density at radius 2 is 1.89 bits per heavy atom. The number of carbonyl (C=O) groups is 1. The van der Waals surface area contributed by atoms with Crippen LogP contribution in [-0.4, -0.2) is 31.9 Å². The summed E-state index contributed by atoms with van der Waals surface area (Å²) in [7, 11) is 1.39. The average Bonchev–Trinajstić information content (AvgIpc) is 2.63. The molecule has 0 saturated heterocycles. The lowest BCUT2D eigenvalue weighted by Gasteiger charge is -2.12. The molecule has 0 spiro atoms. The molecule has 2 rings (SSSR count). The highest BCUT2D eigenvalue weighted by atomic mass is 32.2. The van der Waals surface area contributed by atoms with Crippen molar-refractivity contribution in [1.29, 1.82) is 0 Å². The van der Waals surface area contributed by atoms with Crippen molar-refractivity contribution >= 4 is 17.7 Å². The summed E-state index contributed by atoms with van der Waals surface area (Å²) in [4.78, 5) is 13.1. The van der Waals surface area contributed by atoms with Crippen LogP contribution in [0, 0.1) is 13.8 Å². The molecule has 0 aliphatic rings. The van der Waals surface area contributed by atoms with Crippen molar-refractivity contribution < 1.29 is 23.0 Å². The second-order valence-electron chi connectivity index (χ2n) is 6.00. The van der Waals surface area contributed by atoms with Gasteiger partial charge in [0.2, 0.25) is 5.91 Å². The number of thioether (sulfide) groups is 1. The van der Waals surface area contributed by atoms with Gasteiger partial charge in [-0.2, -0.15) is 8.78 Å². The third-order valence-corrected chi connectivity index (χ3v) is 5.02. The number of carbonyl (C=O) groups excluding carboxylic acids is 1. The number of alkyl halides is 2. The van der Waals surface area contributed by atoms with Crippen LogP contribution in [0.1, 0.15) is 16.7 Å². The van der Waals surface area contributed by atoms with E-state index < -0.39 is 6.61 Å². The number of hydrogen-bond acceptors (Lipinski definition) is 4. The Balaban J connectivity index is 1.79. The summed E-state index contributed by atoms with van der Waals surface area (Å²) in [5.74, 6) is 0.518. The Morgan fingerprint density at radius 1 is 1.11 bits per heavy atom. The lowest BCUT2D eigenvalue weighted by Crippen LogP contribution is -2.27. The molecule has 0 saturated carbocycles. The summed E-state index contributed by atoms with van der Waals surface area (Å²) < 4.78 is 34.1. The van der Waals surface area contributed by atoms with Gasteiger partial charge in [0.1, 0.15) is 0 Å². The number of nitrogens with one attached hydrogen (secondary N) is 1. The Hall–Kier alpha value is -2.28. The number of amides is 1. The smallest absolute Gasteiger partial charge is 0.387 e. The maximum Gasteiger partial charge on any atom is 0.387 e. The number of rotatable bonds is 9. The minimum Gasteiger partial charge on any atom is -0.493 e. The lowest BCUT2D eigenvalue weighted by molar-refractivity contribution is -0.118. The van der Waals surface area contributed by atoms with Crippen molar-refractivity contribution in [3.63, 3.8) is 0 Å². The largest absolute Gasteiger partial charge is 0.493 e. The average molecular weight is 395 g/mol. The maximum absolute atomic E-state index is 12.3. The zero-order valence-corrected chi connectivity index (χ0v) is 16.4. The van der Waals surface area contributed by atoms with Gasteiger partial charge in [-0.1, -0.05) is 12.1 Å². The molecule has 2 aromatic carbocycles. The van der Waals surface area contributed by atoms with Crippen LogP contribution >= 0.6 is 11.8 Å². The van der Waals surface area contributed by atoms with Crippen molar-refractivity contribution in [1.82, 2.24) is 5.32 Å². The molecule has 146 valence electrons. The molecular formula is C20H23F2NO3S. The first kappa shape index (κ1) is 21.0. The minimum atomic E-state index is -2.90. The van der Waals surface area contributed by atoms with Crippen molar-refractivity contribution in [2.45, 2.75) is 31.8 Å². The van der Waals surface area contributed by atoms with Crippen molar-refractivity contribution in [2.75, 3.05) is 19.4 Å². The molecule has 0 unspecified atom stereocenters. The maximum atomic E-state index is 12.3. The van der Waals surface area contributed by atoms with E-state index in [-0.39, 0.29) is 17.4 Å². The summed E-state index contributed by atoms with van der Waals surface area (Å²) in [5.41, 5.74) is 3.29. The molecule has 4 nitrogen and oxygen atoms in total. The Kier molecular flexibility index (Phi) is 7.91. The molecule has 1 N–H and O–H groups in total. The molecule has 0 radical (unpaired) electrons. The van der Waals surface area contributed by atoms with Gasteiger partial charge in [-0.3, -0.25) is 4.79 Å². The van der Waals surface area contributed by atoms with E-state index in [0.717, 1.165) is 10.5 Å². The first-order chi connectivity index (χ1) is 12.9. The first-order valence-corrected chi connectivity index (χ1v) is 9.46. The van der Waals surface area contributed by atoms with Gasteiger partial charge in [-0.05, 0) is 61.2 Å². The van der Waals surface area contributed by atoms with Gasteiger partial charge in [0.15, 0.2) is 11.5 Å². The van der Waals surface area contributed by atoms with E-state index in [2.05, 4.69) is 23.0 Å². The molecule has 0 aromatic heterocycles. The molecule has 0 bridgehead atoms. The molecular weight excluding hydrogens is 372 g/mol. The zero-order chi connectivity index (χ0) is 19.8. The van der Waals surface area contributed by atoms with Crippen molar-refractivity contribution in [3.8, 4) is 11.5 Å². The van der Waals surface area contributed by atoms with E-state index in [1.165, 1.54) is 36.1 Å². The van der Waals surface area contributed by atoms with E-state index in [9.17, 15) is 13.6 Å². The number of methoxy groups -OCH3 is 1. The molecule has 27 heavy (non-hydrogen) atoms. The monoisotopic (exact) mass is 395 g/mol. The summed E-state index contributed by atoms with van der Waals surface area (Å²) in [5, 5.41) is 2.86. The second kappa shape index (κ2) is 10.2. The van der Waals surface area contributed by atoms with Crippen LogP contribution in [0.4, 0.5) is 8.78 Å². The van der Waals surface area contributed by atoms with E-state index in [1.54, 1.807) is 12.1 Å². The topological polar surface area (TPSA) is 47.6 Å². The molecule has 0 aliphatic heterocycles. The SMILES string of the molecule is COc1cc(CCNC(=O)CSc2ccc(C)c(C)c2)ccc1OC(F)F. The van der Waals surface area contributed by atoms with Crippen LogP contribution in [0.2, 0.25) is 0 Å². The van der Waals surface area contributed by atoms with E-state index in [1.807, 2.05) is 19.1 Å². The van der Waals surface area contributed by atoms with Crippen LogP contribution in [0.5, 0.6) is 11.5 Å². The predicted octanol–water partition coefficient (Wildman–Crippen LogP) is 4.36. The highest BCUT2D eigenvalue weighted by Gasteiger charge is 2.11. The van der Waals surface area contributed by atoms with E-state index in [0.29, 0.717) is 18.7 Å². The van der Waals surface area contributed by atoms with Gasteiger partial charge in [-0.25, -0.2) is 0 Å². The number of benzene rings is 2. The van der Waals surface area contributed by atoms with Gasteiger partial charge < -0.3 is 14.8 Å². The summed E-state index contributed by atoms with van der Waals surface area (Å²) >= 11 is 1.49. The summed E-state index contributed by atoms with van der Waals surface area (Å²) in [6, 6.07) is 10.9. The molecule has 1 amide bonds. The lowest BCUT2D eigenvalue weighted by atomic mass is 10.1. The third kappa shape index (κ3) is 6.75. The Labute approximate surface area is 162 Å². The molecule has 0 aliphatic carbocycles. The van der Waals surface area contributed by atoms with Crippen LogP contribution < -0.4 is 14.8 Å². The predicted molar refractivity (Wildman–Crippen MR) is 103 cm³/mol. The van der Waals surface area contributed by atoms with Crippen molar-refractivity contribution in [2.24, 2.45) is 0 Å². The van der Waals surface area contributed by atoms with Gasteiger partial charge in [0.25, 0.3) is 0 Å². The molecule has 0 fully saturated rings. The van der Waals surface area contributed by atoms with Crippen LogP contribution in [0.15, 0.2) is 41.3 Å². The fourth-order valence-electron chi connectivity index (χ4n) is 2.41. The van der Waals surface area contributed by atoms with Gasteiger partial charge in [0, 0.05) is 11.4 Å². The van der Waals surface area contributed by atoms with Crippen LogP contribution in [0.25, 0.3) is 0 Å². The Bertz CT molecular complexity index is 784. The van der Waals surface area contributed by atoms with E-state index >= 15 is 0 Å².